The molecule has 0 saturated heterocycles. The van der Waals surface area contributed by atoms with Crippen LogP contribution in [0.15, 0.2) is 155 Å². The fourth-order valence-electron chi connectivity index (χ4n) is 9.97. The number of allylic oxidation sites excluding steroid dienone is 7. The molecule has 0 fully saturated rings. The summed E-state index contributed by atoms with van der Waals surface area (Å²) in [5.41, 5.74) is 11.3. The molecule has 51 heavy (non-hydrogen) atoms. The van der Waals surface area contributed by atoms with Gasteiger partial charge in [0.05, 0.1) is 11.6 Å². The summed E-state index contributed by atoms with van der Waals surface area (Å²) in [6.07, 6.45) is 25.6. The number of rotatable bonds is 4. The number of hydrogen-bond acceptors (Lipinski definition) is 2. The molecule has 1 aromatic heterocycles. The van der Waals surface area contributed by atoms with Crippen LogP contribution in [-0.2, 0) is 0 Å². The van der Waals surface area contributed by atoms with Crippen LogP contribution in [0, 0.1) is 5.92 Å². The van der Waals surface area contributed by atoms with Gasteiger partial charge >= 0.3 is 0 Å². The number of hydrogen-bond donors (Lipinski definition) is 0. The Labute approximate surface area is 304 Å². The van der Waals surface area contributed by atoms with Crippen LogP contribution in [0.2, 0.25) is 0 Å². The molecule has 6 aliphatic rings. The molecule has 0 saturated carbocycles. The molecule has 0 N–H and O–H groups in total. The highest BCUT2D eigenvalue weighted by molar-refractivity contribution is 8.03. The van der Waals surface area contributed by atoms with E-state index >= 15 is 0 Å². The Morgan fingerprint density at radius 2 is 1.55 bits per heavy atom. The first-order chi connectivity index (χ1) is 25.3. The maximum Gasteiger partial charge on any atom is 0.0583 e. The minimum absolute atomic E-state index is 0.359. The Bertz CT molecular complexity index is 2520. The standard InChI is InChI=1S/C48H40N2S/c1-2-11-31(12-3-1)32-13-10-14-35(27-32)49-43-18-7-4-15-37(43)40-28-33(21-24-45(40)49)34-22-25-46-41(29-34)38-16-5-8-19-44(38)50(46)36-23-26-48-42(30-36)39-17-6-9-20-47(39)51-48/h1-9,11-12,14-20,22,24-29,33,36,41-42,46H,10,13,21,23,30H2. The van der Waals surface area contributed by atoms with Gasteiger partial charge in [0.15, 0.2) is 0 Å². The van der Waals surface area contributed by atoms with Crippen molar-refractivity contribution in [3.8, 4) is 0 Å². The van der Waals surface area contributed by atoms with Crippen molar-refractivity contribution in [2.75, 3.05) is 4.90 Å². The molecule has 4 aromatic carbocycles. The predicted octanol–water partition coefficient (Wildman–Crippen LogP) is 10.3. The molecule has 0 bridgehead atoms. The second-order valence-corrected chi connectivity index (χ2v) is 16.1. The van der Waals surface area contributed by atoms with E-state index in [9.17, 15) is 0 Å². The van der Waals surface area contributed by atoms with Crippen molar-refractivity contribution in [2.24, 2.45) is 5.92 Å². The first-order valence-electron chi connectivity index (χ1n) is 18.8. The lowest BCUT2D eigenvalue weighted by Gasteiger charge is -2.39. The molecule has 4 aliphatic carbocycles. The third-order valence-electron chi connectivity index (χ3n) is 12.3. The maximum absolute atomic E-state index is 2.79. The topological polar surface area (TPSA) is 8.17 Å². The molecular formula is C48H40N2S. The third-order valence-corrected chi connectivity index (χ3v) is 13.6. The molecule has 0 radical (unpaired) electrons. The van der Waals surface area contributed by atoms with Crippen molar-refractivity contribution >= 4 is 51.8 Å². The van der Waals surface area contributed by atoms with Crippen LogP contribution in [0.3, 0.4) is 0 Å². The SMILES string of the molecule is C1=CC2C(C=C1C1C=c3c(n(C4=CCCC(c5ccccc5)=C4)c4ccccc34)=CC1)c1ccccc1N2C1CC=C2Sc3ccccc3C2C1. The summed E-state index contributed by atoms with van der Waals surface area (Å²) in [6, 6.07) is 39.1. The van der Waals surface area contributed by atoms with Crippen molar-refractivity contribution in [1.82, 2.24) is 4.57 Å². The molecule has 2 aliphatic heterocycles. The Hall–Kier alpha value is -4.99. The van der Waals surface area contributed by atoms with Gasteiger partial charge < -0.3 is 9.47 Å². The highest BCUT2D eigenvalue weighted by Gasteiger charge is 2.43. The number of para-hydroxylation sites is 2. The Morgan fingerprint density at radius 3 is 2.49 bits per heavy atom. The number of nitrogens with zero attached hydrogens (tertiary/aromatic N) is 2. The Morgan fingerprint density at radius 1 is 0.725 bits per heavy atom. The molecule has 3 heterocycles. The molecule has 248 valence electrons. The van der Waals surface area contributed by atoms with Crippen LogP contribution in [0.25, 0.3) is 34.3 Å². The van der Waals surface area contributed by atoms with E-state index in [2.05, 4.69) is 161 Å². The smallest absolute Gasteiger partial charge is 0.0583 e. The van der Waals surface area contributed by atoms with Gasteiger partial charge in [0.2, 0.25) is 0 Å². The highest BCUT2D eigenvalue weighted by atomic mass is 32.2. The van der Waals surface area contributed by atoms with Crippen molar-refractivity contribution in [1.29, 1.82) is 0 Å². The molecule has 5 atom stereocenters. The summed E-state index contributed by atoms with van der Waals surface area (Å²) in [5.74, 6) is 1.27. The third kappa shape index (κ3) is 4.71. The Kier molecular flexibility index (Phi) is 6.87. The van der Waals surface area contributed by atoms with Crippen molar-refractivity contribution < 1.29 is 0 Å². The van der Waals surface area contributed by atoms with Crippen molar-refractivity contribution in [2.45, 2.75) is 60.9 Å². The Balaban J connectivity index is 0.939. The lowest BCUT2D eigenvalue weighted by atomic mass is 9.81. The zero-order valence-corrected chi connectivity index (χ0v) is 29.5. The fraction of sp³-hybridized carbons (Fsp3) is 0.208. The molecule has 0 amide bonds. The summed E-state index contributed by atoms with van der Waals surface area (Å²) in [5, 5.41) is 4.07. The summed E-state index contributed by atoms with van der Waals surface area (Å²) in [7, 11) is 0. The van der Waals surface area contributed by atoms with Crippen LogP contribution in [0.1, 0.15) is 60.6 Å². The monoisotopic (exact) mass is 676 g/mol. The van der Waals surface area contributed by atoms with Gasteiger partial charge in [-0.15, -0.1) is 0 Å². The summed E-state index contributed by atoms with van der Waals surface area (Å²) in [4.78, 5) is 5.81. The number of anilines is 1. The highest BCUT2D eigenvalue weighted by Crippen LogP contribution is 2.55. The number of aromatic nitrogens is 1. The van der Waals surface area contributed by atoms with Gasteiger partial charge in [-0.05, 0) is 89.1 Å². The van der Waals surface area contributed by atoms with E-state index in [1.54, 1.807) is 4.91 Å². The quantitative estimate of drug-likeness (QED) is 0.187. The first kappa shape index (κ1) is 29.7. The van der Waals surface area contributed by atoms with Gasteiger partial charge in [0.25, 0.3) is 0 Å². The normalized spacial score (nSPS) is 25.6. The molecular weight excluding hydrogens is 637 g/mol. The lowest BCUT2D eigenvalue weighted by molar-refractivity contribution is 0.483. The van der Waals surface area contributed by atoms with E-state index in [1.165, 1.54) is 72.0 Å². The second kappa shape index (κ2) is 11.8. The molecule has 11 rings (SSSR count). The minimum atomic E-state index is 0.359. The van der Waals surface area contributed by atoms with E-state index in [4.69, 9.17) is 0 Å². The zero-order valence-electron chi connectivity index (χ0n) is 28.7. The zero-order chi connectivity index (χ0) is 33.5. The minimum Gasteiger partial charge on any atom is -0.361 e. The summed E-state index contributed by atoms with van der Waals surface area (Å²) < 4.78 is 2.52. The molecule has 0 spiro atoms. The van der Waals surface area contributed by atoms with Gasteiger partial charge in [0, 0.05) is 56.0 Å². The molecule has 5 unspecified atom stereocenters. The number of benzene rings is 4. The van der Waals surface area contributed by atoms with Crippen molar-refractivity contribution in [3.05, 3.63) is 177 Å². The lowest BCUT2D eigenvalue weighted by Crippen LogP contribution is -2.43. The van der Waals surface area contributed by atoms with Crippen molar-refractivity contribution in [3.63, 3.8) is 0 Å². The average molecular weight is 677 g/mol. The summed E-state index contributed by atoms with van der Waals surface area (Å²) >= 11 is 2.00. The average Bonchev–Trinajstić information content (AvgIpc) is 3.85. The molecule has 2 nitrogen and oxygen atoms in total. The van der Waals surface area contributed by atoms with E-state index in [-0.39, 0.29) is 0 Å². The first-order valence-corrected chi connectivity index (χ1v) is 19.6. The largest absolute Gasteiger partial charge is 0.361 e. The van der Waals surface area contributed by atoms with Crippen LogP contribution >= 0.6 is 11.8 Å². The summed E-state index contributed by atoms with van der Waals surface area (Å²) in [6.45, 7) is 0. The van der Waals surface area contributed by atoms with Crippen LogP contribution in [0.5, 0.6) is 0 Å². The number of thioether (sulfide) groups is 1. The van der Waals surface area contributed by atoms with E-state index < -0.39 is 0 Å². The van der Waals surface area contributed by atoms with E-state index in [0.29, 0.717) is 29.8 Å². The van der Waals surface area contributed by atoms with Crippen LogP contribution < -0.4 is 15.5 Å². The molecule has 3 heteroatoms. The molecule has 5 aromatic rings. The van der Waals surface area contributed by atoms with Gasteiger partial charge in [-0.25, -0.2) is 0 Å². The van der Waals surface area contributed by atoms with Gasteiger partial charge in [0.1, 0.15) is 0 Å². The van der Waals surface area contributed by atoms with E-state index in [0.717, 1.165) is 25.7 Å². The van der Waals surface area contributed by atoms with Gasteiger partial charge in [-0.1, -0.05) is 139 Å². The van der Waals surface area contributed by atoms with Crippen LogP contribution in [-0.4, -0.2) is 16.7 Å². The maximum atomic E-state index is 2.79. The van der Waals surface area contributed by atoms with E-state index in [1.807, 2.05) is 11.8 Å². The fourth-order valence-corrected chi connectivity index (χ4v) is 11.2. The van der Waals surface area contributed by atoms with Gasteiger partial charge in [-0.2, -0.15) is 0 Å². The van der Waals surface area contributed by atoms with Gasteiger partial charge in [-0.3, -0.25) is 0 Å². The second-order valence-electron chi connectivity index (χ2n) is 15.0. The number of fused-ring (bicyclic) bond motifs is 9. The predicted molar refractivity (Wildman–Crippen MR) is 215 cm³/mol. The van der Waals surface area contributed by atoms with Crippen LogP contribution in [0.4, 0.5) is 5.69 Å².